The molecule has 1 aromatic heterocycles. The van der Waals surface area contributed by atoms with Gasteiger partial charge in [0.2, 0.25) is 0 Å². The van der Waals surface area contributed by atoms with Crippen molar-refractivity contribution >= 4 is 0 Å². The average molecular weight is 375 g/mol. The van der Waals surface area contributed by atoms with Crippen LogP contribution in [0, 0.1) is 0 Å². The molecule has 0 unspecified atom stereocenters. The molecule has 4 rings (SSSR count). The molecule has 2 heterocycles. The van der Waals surface area contributed by atoms with Gasteiger partial charge >= 0.3 is 0 Å². The van der Waals surface area contributed by atoms with Crippen LogP contribution in [0.3, 0.4) is 0 Å². The largest absolute Gasteiger partial charge is 0.457 e. The molecule has 0 bridgehead atoms. The van der Waals surface area contributed by atoms with E-state index in [0.29, 0.717) is 6.54 Å². The van der Waals surface area contributed by atoms with Crippen LogP contribution in [0.15, 0.2) is 59.4 Å². The van der Waals surface area contributed by atoms with Gasteiger partial charge in [0.25, 0.3) is 5.56 Å². The fraction of sp³-hybridized carbons (Fsp3) is 0.304. The van der Waals surface area contributed by atoms with E-state index in [1.165, 1.54) is 5.56 Å². The average Bonchev–Trinajstić information content (AvgIpc) is 2.70. The molecule has 5 heteroatoms. The van der Waals surface area contributed by atoms with E-state index >= 15 is 0 Å². The zero-order valence-corrected chi connectivity index (χ0v) is 16.3. The summed E-state index contributed by atoms with van der Waals surface area (Å²) >= 11 is 0. The zero-order valence-electron chi connectivity index (χ0n) is 16.3. The molecule has 0 saturated carbocycles. The van der Waals surface area contributed by atoms with E-state index in [1.807, 2.05) is 56.3 Å². The molecule has 5 nitrogen and oxygen atoms in total. The second kappa shape index (κ2) is 7.98. The number of benzene rings is 2. The summed E-state index contributed by atoms with van der Waals surface area (Å²) < 4.78 is 5.85. The van der Waals surface area contributed by atoms with E-state index in [1.54, 1.807) is 0 Å². The van der Waals surface area contributed by atoms with Crippen molar-refractivity contribution in [2.24, 2.45) is 0 Å². The third-order valence-corrected chi connectivity index (χ3v) is 5.02. The minimum Gasteiger partial charge on any atom is -0.457 e. The highest BCUT2D eigenvalue weighted by molar-refractivity contribution is 5.33. The van der Waals surface area contributed by atoms with Gasteiger partial charge in [-0.1, -0.05) is 44.2 Å². The van der Waals surface area contributed by atoms with Crippen molar-refractivity contribution in [3.63, 3.8) is 0 Å². The Morgan fingerprint density at radius 1 is 1.07 bits per heavy atom. The van der Waals surface area contributed by atoms with Gasteiger partial charge in [-0.2, -0.15) is 0 Å². The Morgan fingerprint density at radius 2 is 1.79 bits per heavy atom. The normalized spacial score (nSPS) is 14.1. The SMILES string of the molecule is CC(C)c1nc2c(c(=O)[nH]1)CN(Cc1ccc(Oc3ccccc3)cc1)CC2. The second-order valence-corrected chi connectivity index (χ2v) is 7.55. The Hall–Kier alpha value is -2.92. The highest BCUT2D eigenvalue weighted by Crippen LogP contribution is 2.23. The molecule has 0 aliphatic carbocycles. The number of aromatic amines is 1. The lowest BCUT2D eigenvalue weighted by molar-refractivity contribution is 0.241. The van der Waals surface area contributed by atoms with E-state index in [-0.39, 0.29) is 11.5 Å². The molecule has 0 saturated heterocycles. The van der Waals surface area contributed by atoms with E-state index in [2.05, 4.69) is 27.0 Å². The summed E-state index contributed by atoms with van der Waals surface area (Å²) in [5, 5.41) is 0. The highest BCUT2D eigenvalue weighted by Gasteiger charge is 2.21. The lowest BCUT2D eigenvalue weighted by Crippen LogP contribution is -2.35. The molecule has 0 atom stereocenters. The van der Waals surface area contributed by atoms with Crippen LogP contribution in [0.1, 0.15) is 42.4 Å². The molecule has 0 fully saturated rings. The third-order valence-electron chi connectivity index (χ3n) is 5.02. The van der Waals surface area contributed by atoms with Crippen LogP contribution in [0.25, 0.3) is 0 Å². The number of aromatic nitrogens is 2. The first kappa shape index (κ1) is 18.4. The minimum atomic E-state index is 0.00464. The van der Waals surface area contributed by atoms with Crippen LogP contribution in [0.4, 0.5) is 0 Å². The zero-order chi connectivity index (χ0) is 19.5. The fourth-order valence-electron chi connectivity index (χ4n) is 3.45. The Morgan fingerprint density at radius 3 is 2.50 bits per heavy atom. The summed E-state index contributed by atoms with van der Waals surface area (Å²) in [6.07, 6.45) is 0.814. The summed E-state index contributed by atoms with van der Waals surface area (Å²) in [6, 6.07) is 17.9. The summed E-state index contributed by atoms with van der Waals surface area (Å²) in [7, 11) is 0. The number of ether oxygens (including phenoxy) is 1. The predicted octanol–water partition coefficient (Wildman–Crippen LogP) is 4.24. The summed E-state index contributed by atoms with van der Waals surface area (Å²) in [6.45, 7) is 6.44. The number of fused-ring (bicyclic) bond motifs is 1. The van der Waals surface area contributed by atoms with Crippen LogP contribution in [-0.2, 0) is 19.5 Å². The van der Waals surface area contributed by atoms with E-state index in [9.17, 15) is 4.79 Å². The van der Waals surface area contributed by atoms with Gasteiger partial charge in [-0.3, -0.25) is 9.69 Å². The standard InChI is InChI=1S/C23H25N3O2/c1-16(2)22-24-21-12-13-26(15-20(21)23(27)25-22)14-17-8-10-19(11-9-17)28-18-6-4-3-5-7-18/h3-11,16H,12-15H2,1-2H3,(H,24,25,27). The molecule has 0 radical (unpaired) electrons. The molecule has 144 valence electrons. The Bertz CT molecular complexity index is 995. The molecule has 2 aromatic carbocycles. The van der Waals surface area contributed by atoms with Crippen molar-refractivity contribution in [3.8, 4) is 11.5 Å². The molecule has 1 aliphatic rings. The Balaban J connectivity index is 1.42. The Kier molecular flexibility index (Phi) is 5.26. The smallest absolute Gasteiger partial charge is 0.255 e. The topological polar surface area (TPSA) is 58.2 Å². The molecule has 28 heavy (non-hydrogen) atoms. The maximum absolute atomic E-state index is 12.5. The van der Waals surface area contributed by atoms with Crippen LogP contribution in [-0.4, -0.2) is 21.4 Å². The summed E-state index contributed by atoms with van der Waals surface area (Å²) in [5.74, 6) is 2.66. The number of rotatable bonds is 5. The van der Waals surface area contributed by atoms with Gasteiger partial charge < -0.3 is 9.72 Å². The number of hydrogen-bond donors (Lipinski definition) is 1. The monoisotopic (exact) mass is 375 g/mol. The first-order valence-corrected chi connectivity index (χ1v) is 9.74. The minimum absolute atomic E-state index is 0.00464. The lowest BCUT2D eigenvalue weighted by atomic mass is 10.0. The van der Waals surface area contributed by atoms with Crippen LogP contribution in [0.2, 0.25) is 0 Å². The number of hydrogen-bond acceptors (Lipinski definition) is 4. The third kappa shape index (κ3) is 4.15. The maximum Gasteiger partial charge on any atom is 0.255 e. The second-order valence-electron chi connectivity index (χ2n) is 7.55. The highest BCUT2D eigenvalue weighted by atomic mass is 16.5. The van der Waals surface area contributed by atoms with Gasteiger partial charge in [-0.25, -0.2) is 4.98 Å². The lowest BCUT2D eigenvalue weighted by Gasteiger charge is -2.28. The molecular formula is C23H25N3O2. The van der Waals surface area contributed by atoms with Crippen molar-refractivity contribution in [1.29, 1.82) is 0 Å². The summed E-state index contributed by atoms with van der Waals surface area (Å²) in [5.41, 5.74) is 2.96. The maximum atomic E-state index is 12.5. The summed E-state index contributed by atoms with van der Waals surface area (Å²) in [4.78, 5) is 22.4. The van der Waals surface area contributed by atoms with Crippen LogP contribution >= 0.6 is 0 Å². The van der Waals surface area contributed by atoms with Crippen molar-refractivity contribution in [3.05, 3.63) is 87.6 Å². The van der Waals surface area contributed by atoms with Gasteiger partial charge in [0.15, 0.2) is 0 Å². The van der Waals surface area contributed by atoms with Crippen molar-refractivity contribution in [2.45, 2.75) is 39.3 Å². The van der Waals surface area contributed by atoms with Gasteiger partial charge in [-0.15, -0.1) is 0 Å². The van der Waals surface area contributed by atoms with Gasteiger partial charge in [-0.05, 0) is 29.8 Å². The fourth-order valence-corrected chi connectivity index (χ4v) is 3.45. The van der Waals surface area contributed by atoms with Gasteiger partial charge in [0.05, 0.1) is 11.3 Å². The van der Waals surface area contributed by atoms with Gasteiger partial charge in [0.1, 0.15) is 17.3 Å². The first-order valence-electron chi connectivity index (χ1n) is 9.74. The first-order chi connectivity index (χ1) is 13.6. The molecule has 1 aliphatic heterocycles. The van der Waals surface area contributed by atoms with Crippen LogP contribution in [0.5, 0.6) is 11.5 Å². The van der Waals surface area contributed by atoms with Crippen LogP contribution < -0.4 is 10.3 Å². The molecule has 3 aromatic rings. The molecule has 0 amide bonds. The van der Waals surface area contributed by atoms with E-state index in [4.69, 9.17) is 4.74 Å². The molecule has 1 N–H and O–H groups in total. The van der Waals surface area contributed by atoms with Crippen molar-refractivity contribution < 1.29 is 4.74 Å². The number of nitrogens with zero attached hydrogens (tertiary/aromatic N) is 2. The Labute approximate surface area is 165 Å². The van der Waals surface area contributed by atoms with Gasteiger partial charge in [0, 0.05) is 32.0 Å². The predicted molar refractivity (Wildman–Crippen MR) is 110 cm³/mol. The molecule has 0 spiro atoms. The number of nitrogens with one attached hydrogen (secondary N) is 1. The van der Waals surface area contributed by atoms with Crippen molar-refractivity contribution in [1.82, 2.24) is 14.9 Å². The van der Waals surface area contributed by atoms with E-state index < -0.39 is 0 Å². The number of para-hydroxylation sites is 1. The molecular weight excluding hydrogens is 350 g/mol. The van der Waals surface area contributed by atoms with E-state index in [0.717, 1.165) is 48.1 Å². The van der Waals surface area contributed by atoms with Crippen molar-refractivity contribution in [2.75, 3.05) is 6.54 Å². The number of H-pyrrole nitrogens is 1. The quantitative estimate of drug-likeness (QED) is 0.724.